The number of rotatable bonds is 7. The lowest BCUT2D eigenvalue weighted by Crippen LogP contribution is -2.48. The fraction of sp³-hybridized carbons (Fsp3) is 0.667. The van der Waals surface area contributed by atoms with Crippen LogP contribution in [0.15, 0.2) is 33.9 Å². The van der Waals surface area contributed by atoms with Gasteiger partial charge in [0.05, 0.1) is 6.54 Å². The van der Waals surface area contributed by atoms with Crippen LogP contribution >= 0.6 is 0 Å². The van der Waals surface area contributed by atoms with E-state index < -0.39 is 0 Å². The third-order valence-corrected chi connectivity index (χ3v) is 4.05. The van der Waals surface area contributed by atoms with E-state index in [4.69, 9.17) is 9.98 Å². The molecule has 2 N–H and O–H groups in total. The molecule has 0 radical (unpaired) electrons. The summed E-state index contributed by atoms with van der Waals surface area (Å²) in [5.74, 6) is 1.97. The Hall–Kier alpha value is -1.50. The van der Waals surface area contributed by atoms with Crippen LogP contribution in [0.3, 0.4) is 0 Å². The molecule has 2 heterocycles. The second-order valence-electron chi connectivity index (χ2n) is 6.56. The molecule has 1 saturated heterocycles. The van der Waals surface area contributed by atoms with Crippen LogP contribution in [0.25, 0.3) is 0 Å². The molecule has 0 bridgehead atoms. The Kier molecular flexibility index (Phi) is 8.15. The van der Waals surface area contributed by atoms with Crippen LogP contribution in [0.4, 0.5) is 0 Å². The molecular formula is C18H32N6. The van der Waals surface area contributed by atoms with E-state index in [2.05, 4.69) is 46.7 Å². The highest BCUT2D eigenvalue weighted by Gasteiger charge is 2.17. The first-order chi connectivity index (χ1) is 11.7. The Bertz CT molecular complexity index is 498. The summed E-state index contributed by atoms with van der Waals surface area (Å²) in [6, 6.07) is 0. The quantitative estimate of drug-likeness (QED) is 0.686. The van der Waals surface area contributed by atoms with Crippen LogP contribution in [-0.2, 0) is 0 Å². The maximum atomic E-state index is 4.77. The highest BCUT2D eigenvalue weighted by atomic mass is 15.2. The Balaban J connectivity index is 2.00. The minimum absolute atomic E-state index is 0.789. The Morgan fingerprint density at radius 2 is 2.08 bits per heavy atom. The molecule has 6 nitrogen and oxygen atoms in total. The van der Waals surface area contributed by atoms with Crippen molar-refractivity contribution in [2.75, 3.05) is 59.9 Å². The molecule has 0 aromatic carbocycles. The van der Waals surface area contributed by atoms with Gasteiger partial charge in [0, 0.05) is 44.8 Å². The summed E-state index contributed by atoms with van der Waals surface area (Å²) >= 11 is 0. The number of nitrogens with zero attached hydrogens (tertiary/aromatic N) is 4. The standard InChI is InChI=1S/C18H32N6/c1-4-5-7-16-14-17(20-8-6-11-23(2)3)22-18(21-16)15-24-12-9-19-10-13-24/h4-5,7,19H,6,8-15H2,1-3H3,(H,20,21,22)/b5-4-,16-7+. The topological polar surface area (TPSA) is 55.3 Å². The summed E-state index contributed by atoms with van der Waals surface area (Å²) in [5.41, 5.74) is 1.18. The van der Waals surface area contributed by atoms with Crippen LogP contribution in [0.2, 0.25) is 0 Å². The van der Waals surface area contributed by atoms with Gasteiger partial charge >= 0.3 is 0 Å². The monoisotopic (exact) mass is 332 g/mol. The van der Waals surface area contributed by atoms with E-state index >= 15 is 0 Å². The highest BCUT2D eigenvalue weighted by molar-refractivity contribution is 6.02. The first-order valence-corrected chi connectivity index (χ1v) is 8.95. The maximum absolute atomic E-state index is 4.77. The zero-order valence-electron chi connectivity index (χ0n) is 15.4. The van der Waals surface area contributed by atoms with Gasteiger partial charge in [-0.3, -0.25) is 9.89 Å². The second-order valence-corrected chi connectivity index (χ2v) is 6.56. The summed E-state index contributed by atoms with van der Waals surface area (Å²) in [6.45, 7) is 9.06. The van der Waals surface area contributed by atoms with Crippen molar-refractivity contribution < 1.29 is 0 Å². The van der Waals surface area contributed by atoms with Gasteiger partial charge in [-0.15, -0.1) is 0 Å². The molecule has 0 unspecified atom stereocenters. The summed E-state index contributed by atoms with van der Waals surface area (Å²) < 4.78 is 0. The van der Waals surface area contributed by atoms with Gasteiger partial charge in [-0.2, -0.15) is 0 Å². The number of nitrogens with one attached hydrogen (secondary N) is 2. The largest absolute Gasteiger partial charge is 0.346 e. The number of allylic oxidation sites excluding steroid dienone is 3. The first kappa shape index (κ1) is 18.8. The van der Waals surface area contributed by atoms with Crippen LogP contribution in [0.1, 0.15) is 19.8 Å². The Morgan fingerprint density at radius 1 is 1.29 bits per heavy atom. The van der Waals surface area contributed by atoms with Crippen LogP contribution in [0, 0.1) is 0 Å². The highest BCUT2D eigenvalue weighted by Crippen LogP contribution is 2.09. The number of amidine groups is 2. The average molecular weight is 332 g/mol. The zero-order valence-corrected chi connectivity index (χ0v) is 15.4. The normalized spacial score (nSPS) is 23.2. The number of hydrogen-bond acceptors (Lipinski definition) is 5. The molecule has 134 valence electrons. The van der Waals surface area contributed by atoms with Crippen molar-refractivity contribution in [3.05, 3.63) is 23.9 Å². The molecular weight excluding hydrogens is 300 g/mol. The predicted octanol–water partition coefficient (Wildman–Crippen LogP) is 1.09. The van der Waals surface area contributed by atoms with E-state index in [1.807, 2.05) is 13.0 Å². The summed E-state index contributed by atoms with van der Waals surface area (Å²) in [6.07, 6.45) is 8.10. The van der Waals surface area contributed by atoms with Gasteiger partial charge in [0.1, 0.15) is 11.7 Å². The van der Waals surface area contributed by atoms with E-state index in [1.165, 1.54) is 5.70 Å². The second kappa shape index (κ2) is 10.4. The van der Waals surface area contributed by atoms with Gasteiger partial charge in [0.2, 0.25) is 0 Å². The summed E-state index contributed by atoms with van der Waals surface area (Å²) in [4.78, 5) is 14.1. The molecule has 0 aromatic heterocycles. The van der Waals surface area contributed by atoms with Crippen molar-refractivity contribution in [3.8, 4) is 0 Å². The predicted molar refractivity (Wildman–Crippen MR) is 103 cm³/mol. The Morgan fingerprint density at radius 3 is 2.79 bits per heavy atom. The van der Waals surface area contributed by atoms with Gasteiger partial charge in [-0.1, -0.05) is 12.2 Å². The molecule has 0 amide bonds. The smallest absolute Gasteiger partial charge is 0.131 e. The number of piperazine rings is 1. The summed E-state index contributed by atoms with van der Waals surface area (Å²) in [5, 5.41) is 6.87. The lowest BCUT2D eigenvalue weighted by molar-refractivity contribution is 0.270. The van der Waals surface area contributed by atoms with Gasteiger partial charge in [0.25, 0.3) is 0 Å². The number of aliphatic imine (C=N–C) groups is 2. The van der Waals surface area contributed by atoms with Crippen LogP contribution < -0.4 is 10.6 Å². The van der Waals surface area contributed by atoms with Crippen molar-refractivity contribution in [3.63, 3.8) is 0 Å². The third kappa shape index (κ3) is 6.95. The molecule has 0 spiro atoms. The summed E-state index contributed by atoms with van der Waals surface area (Å²) in [7, 11) is 4.19. The van der Waals surface area contributed by atoms with Crippen molar-refractivity contribution in [1.29, 1.82) is 0 Å². The third-order valence-electron chi connectivity index (χ3n) is 4.05. The zero-order chi connectivity index (χ0) is 17.2. The molecule has 0 saturated carbocycles. The van der Waals surface area contributed by atoms with Gasteiger partial charge in [-0.05, 0) is 40.1 Å². The molecule has 2 aliphatic rings. The molecule has 2 rings (SSSR count). The van der Waals surface area contributed by atoms with Crippen LogP contribution in [0.5, 0.6) is 0 Å². The molecule has 6 heteroatoms. The van der Waals surface area contributed by atoms with Crippen molar-refractivity contribution in [1.82, 2.24) is 20.4 Å². The van der Waals surface area contributed by atoms with E-state index in [-0.39, 0.29) is 0 Å². The van der Waals surface area contributed by atoms with Gasteiger partial charge < -0.3 is 15.5 Å². The maximum Gasteiger partial charge on any atom is 0.131 e. The molecule has 1 fully saturated rings. The Labute approximate surface area is 146 Å². The van der Waals surface area contributed by atoms with E-state index in [1.54, 1.807) is 0 Å². The first-order valence-electron chi connectivity index (χ1n) is 8.95. The van der Waals surface area contributed by atoms with Crippen molar-refractivity contribution >= 4 is 11.7 Å². The van der Waals surface area contributed by atoms with E-state index in [9.17, 15) is 0 Å². The minimum atomic E-state index is 0.789. The fourth-order valence-electron chi connectivity index (χ4n) is 2.78. The van der Waals surface area contributed by atoms with E-state index in [0.29, 0.717) is 0 Å². The lowest BCUT2D eigenvalue weighted by Gasteiger charge is -2.29. The van der Waals surface area contributed by atoms with Crippen LogP contribution in [-0.4, -0.2) is 81.4 Å². The van der Waals surface area contributed by atoms with Gasteiger partial charge in [0.15, 0.2) is 0 Å². The fourth-order valence-corrected chi connectivity index (χ4v) is 2.78. The van der Waals surface area contributed by atoms with E-state index in [0.717, 1.165) is 70.3 Å². The van der Waals surface area contributed by atoms with Crippen molar-refractivity contribution in [2.24, 2.45) is 9.98 Å². The van der Waals surface area contributed by atoms with Crippen molar-refractivity contribution in [2.45, 2.75) is 19.8 Å². The molecule has 0 aromatic rings. The SMILES string of the molecule is C/C=C\C=C1/CC(=NCCCN(C)C)N=C(CN2CCNCC2)N1. The molecule has 2 aliphatic heterocycles. The minimum Gasteiger partial charge on any atom is -0.346 e. The molecule has 0 aliphatic carbocycles. The average Bonchev–Trinajstić information content (AvgIpc) is 2.57. The molecule has 24 heavy (non-hydrogen) atoms. The lowest BCUT2D eigenvalue weighted by atomic mass is 10.2. The van der Waals surface area contributed by atoms with Gasteiger partial charge in [-0.25, -0.2) is 4.99 Å². The molecule has 0 atom stereocenters. The number of hydrogen-bond donors (Lipinski definition) is 2.